The SMILES string of the molecule is CNc1ncc(Sc2ccncc2)cc1Oc1ccccc1. The third-order valence-corrected chi connectivity index (χ3v) is 3.89. The summed E-state index contributed by atoms with van der Waals surface area (Å²) in [6.07, 6.45) is 5.38. The van der Waals surface area contributed by atoms with Crippen LogP contribution >= 0.6 is 11.8 Å². The third kappa shape index (κ3) is 3.56. The Balaban J connectivity index is 1.86. The minimum Gasteiger partial charge on any atom is -0.453 e. The number of para-hydroxylation sites is 1. The average Bonchev–Trinajstić information content (AvgIpc) is 2.57. The van der Waals surface area contributed by atoms with Gasteiger partial charge in [-0.3, -0.25) is 4.98 Å². The van der Waals surface area contributed by atoms with E-state index in [1.807, 2.05) is 61.8 Å². The topological polar surface area (TPSA) is 47.0 Å². The van der Waals surface area contributed by atoms with Gasteiger partial charge in [0, 0.05) is 41.5 Å². The summed E-state index contributed by atoms with van der Waals surface area (Å²) in [5.74, 6) is 2.20. The number of rotatable bonds is 5. The van der Waals surface area contributed by atoms with Gasteiger partial charge >= 0.3 is 0 Å². The Bertz CT molecular complexity index is 735. The first-order valence-electron chi connectivity index (χ1n) is 6.84. The predicted molar refractivity (Wildman–Crippen MR) is 88.7 cm³/mol. The van der Waals surface area contributed by atoms with Crippen LogP contribution in [0.4, 0.5) is 5.82 Å². The minimum atomic E-state index is 0.702. The van der Waals surface area contributed by atoms with Crippen molar-refractivity contribution in [2.45, 2.75) is 9.79 Å². The summed E-state index contributed by atoms with van der Waals surface area (Å²) in [6.45, 7) is 0. The molecule has 0 saturated carbocycles. The van der Waals surface area contributed by atoms with Crippen LogP contribution in [0.5, 0.6) is 11.5 Å². The Labute approximate surface area is 133 Å². The zero-order valence-corrected chi connectivity index (χ0v) is 12.9. The Morgan fingerprint density at radius 2 is 1.77 bits per heavy atom. The molecule has 110 valence electrons. The lowest BCUT2D eigenvalue weighted by Gasteiger charge is -2.11. The fourth-order valence-electron chi connectivity index (χ4n) is 1.91. The summed E-state index contributed by atoms with van der Waals surface area (Å²) in [6, 6.07) is 15.6. The highest BCUT2D eigenvalue weighted by molar-refractivity contribution is 7.99. The summed E-state index contributed by atoms with van der Waals surface area (Å²) in [4.78, 5) is 10.6. The molecule has 0 aliphatic heterocycles. The Kier molecular flexibility index (Phi) is 4.56. The summed E-state index contributed by atoms with van der Waals surface area (Å²) < 4.78 is 5.93. The van der Waals surface area contributed by atoms with Gasteiger partial charge in [-0.1, -0.05) is 30.0 Å². The van der Waals surface area contributed by atoms with E-state index in [4.69, 9.17) is 4.74 Å². The maximum atomic E-state index is 5.93. The van der Waals surface area contributed by atoms with Crippen molar-refractivity contribution in [2.24, 2.45) is 0 Å². The molecule has 0 unspecified atom stereocenters. The summed E-state index contributed by atoms with van der Waals surface area (Å²) in [5.41, 5.74) is 0. The molecular weight excluding hydrogens is 294 g/mol. The number of ether oxygens (including phenoxy) is 1. The van der Waals surface area contributed by atoms with Crippen molar-refractivity contribution in [1.29, 1.82) is 0 Å². The molecule has 2 heterocycles. The highest BCUT2D eigenvalue weighted by atomic mass is 32.2. The third-order valence-electron chi connectivity index (χ3n) is 2.92. The van der Waals surface area contributed by atoms with E-state index in [0.717, 1.165) is 15.5 Å². The highest BCUT2D eigenvalue weighted by Gasteiger charge is 2.08. The fourth-order valence-corrected chi connectivity index (χ4v) is 2.71. The molecule has 2 aromatic heterocycles. The maximum Gasteiger partial charge on any atom is 0.170 e. The van der Waals surface area contributed by atoms with Crippen molar-refractivity contribution in [3.05, 3.63) is 67.1 Å². The number of benzene rings is 1. The first kappa shape index (κ1) is 14.4. The maximum absolute atomic E-state index is 5.93. The molecule has 4 nitrogen and oxygen atoms in total. The lowest BCUT2D eigenvalue weighted by atomic mass is 10.3. The number of nitrogens with zero attached hydrogens (tertiary/aromatic N) is 2. The van der Waals surface area contributed by atoms with Gasteiger partial charge in [0.15, 0.2) is 11.6 Å². The van der Waals surface area contributed by atoms with Gasteiger partial charge in [0.1, 0.15) is 5.75 Å². The molecule has 0 atom stereocenters. The first-order chi connectivity index (χ1) is 10.8. The number of anilines is 1. The van der Waals surface area contributed by atoms with Crippen molar-refractivity contribution >= 4 is 17.6 Å². The number of pyridine rings is 2. The normalized spacial score (nSPS) is 10.2. The monoisotopic (exact) mass is 309 g/mol. The van der Waals surface area contributed by atoms with E-state index < -0.39 is 0 Å². The van der Waals surface area contributed by atoms with Crippen LogP contribution in [0.2, 0.25) is 0 Å². The van der Waals surface area contributed by atoms with Gasteiger partial charge < -0.3 is 10.1 Å². The van der Waals surface area contributed by atoms with Crippen molar-refractivity contribution in [3.8, 4) is 11.5 Å². The van der Waals surface area contributed by atoms with Crippen LogP contribution in [0.3, 0.4) is 0 Å². The molecule has 1 aromatic carbocycles. The zero-order valence-electron chi connectivity index (χ0n) is 12.1. The van der Waals surface area contributed by atoms with Gasteiger partial charge in [0.05, 0.1) is 0 Å². The molecule has 0 bridgehead atoms. The second kappa shape index (κ2) is 6.95. The molecule has 0 spiro atoms. The zero-order chi connectivity index (χ0) is 15.2. The van der Waals surface area contributed by atoms with Gasteiger partial charge in [-0.25, -0.2) is 4.98 Å². The first-order valence-corrected chi connectivity index (χ1v) is 7.65. The largest absolute Gasteiger partial charge is 0.453 e. The molecule has 5 heteroatoms. The summed E-state index contributed by atoms with van der Waals surface area (Å²) >= 11 is 1.62. The molecule has 0 amide bonds. The van der Waals surface area contributed by atoms with Gasteiger partial charge in [-0.05, 0) is 24.3 Å². The van der Waals surface area contributed by atoms with E-state index >= 15 is 0 Å². The van der Waals surface area contributed by atoms with E-state index in [1.54, 1.807) is 24.2 Å². The van der Waals surface area contributed by atoms with E-state index in [0.29, 0.717) is 11.6 Å². The van der Waals surface area contributed by atoms with Gasteiger partial charge in [0.2, 0.25) is 0 Å². The molecule has 0 aliphatic rings. The quantitative estimate of drug-likeness (QED) is 0.754. The molecule has 3 aromatic rings. The summed E-state index contributed by atoms with van der Waals surface area (Å²) in [5, 5.41) is 3.05. The van der Waals surface area contributed by atoms with Crippen molar-refractivity contribution < 1.29 is 4.74 Å². The number of aromatic nitrogens is 2. The molecule has 0 aliphatic carbocycles. The van der Waals surface area contributed by atoms with Gasteiger partial charge in [0.25, 0.3) is 0 Å². The lowest BCUT2D eigenvalue weighted by molar-refractivity contribution is 0.481. The molecule has 0 saturated heterocycles. The van der Waals surface area contributed by atoms with Crippen LogP contribution in [0, 0.1) is 0 Å². The lowest BCUT2D eigenvalue weighted by Crippen LogP contribution is -1.96. The number of hydrogen-bond donors (Lipinski definition) is 1. The van der Waals surface area contributed by atoms with E-state index in [9.17, 15) is 0 Å². The Hall–Kier alpha value is -2.53. The van der Waals surface area contributed by atoms with Crippen LogP contribution in [0.1, 0.15) is 0 Å². The van der Waals surface area contributed by atoms with E-state index in [2.05, 4.69) is 15.3 Å². The molecule has 22 heavy (non-hydrogen) atoms. The van der Waals surface area contributed by atoms with E-state index in [1.165, 1.54) is 0 Å². The van der Waals surface area contributed by atoms with Crippen LogP contribution in [0.15, 0.2) is 76.9 Å². The molecule has 1 N–H and O–H groups in total. The number of hydrogen-bond acceptors (Lipinski definition) is 5. The highest BCUT2D eigenvalue weighted by Crippen LogP contribution is 2.34. The molecule has 3 rings (SSSR count). The van der Waals surface area contributed by atoms with Gasteiger partial charge in [-0.2, -0.15) is 0 Å². The predicted octanol–water partition coefficient (Wildman–Crippen LogP) is 4.46. The standard InChI is InChI=1S/C17H15N3OS/c1-18-17-16(21-13-5-3-2-4-6-13)11-15(12-20-17)22-14-7-9-19-10-8-14/h2-12H,1H3,(H,18,20). The van der Waals surface area contributed by atoms with Crippen LogP contribution in [0.25, 0.3) is 0 Å². The van der Waals surface area contributed by atoms with Gasteiger partial charge in [-0.15, -0.1) is 0 Å². The van der Waals surface area contributed by atoms with E-state index in [-0.39, 0.29) is 0 Å². The molecular formula is C17H15N3OS. The number of nitrogens with one attached hydrogen (secondary N) is 1. The smallest absolute Gasteiger partial charge is 0.170 e. The average molecular weight is 309 g/mol. The van der Waals surface area contributed by atoms with Crippen LogP contribution in [-0.2, 0) is 0 Å². The Morgan fingerprint density at radius 3 is 2.50 bits per heavy atom. The van der Waals surface area contributed by atoms with Crippen molar-refractivity contribution in [1.82, 2.24) is 9.97 Å². The fraction of sp³-hybridized carbons (Fsp3) is 0.0588. The minimum absolute atomic E-state index is 0.702. The summed E-state index contributed by atoms with van der Waals surface area (Å²) in [7, 11) is 1.83. The molecule has 0 fully saturated rings. The van der Waals surface area contributed by atoms with Crippen molar-refractivity contribution in [3.63, 3.8) is 0 Å². The Morgan fingerprint density at radius 1 is 1.00 bits per heavy atom. The van der Waals surface area contributed by atoms with Crippen LogP contribution in [-0.4, -0.2) is 17.0 Å². The second-order valence-corrected chi connectivity index (χ2v) is 5.61. The van der Waals surface area contributed by atoms with Crippen molar-refractivity contribution in [2.75, 3.05) is 12.4 Å². The van der Waals surface area contributed by atoms with Crippen LogP contribution < -0.4 is 10.1 Å². The molecule has 0 radical (unpaired) electrons. The second-order valence-electron chi connectivity index (χ2n) is 4.47.